The Bertz CT molecular complexity index is 1350. The largest absolute Gasteiger partial charge is 0.508 e. The normalized spacial score (nSPS) is 14.2. The quantitative estimate of drug-likeness (QED) is 0.238. The van der Waals surface area contributed by atoms with E-state index in [1.165, 1.54) is 29.2 Å². The average molecular weight is 641 g/mol. The lowest BCUT2D eigenvalue weighted by molar-refractivity contribution is -0.159. The minimum absolute atomic E-state index is 0.0711. The van der Waals surface area contributed by atoms with Gasteiger partial charge in [-0.05, 0) is 78.1 Å². The fraction of sp³-hybridized carbons (Fsp3) is 0.500. The number of primary amides is 1. The zero-order valence-corrected chi connectivity index (χ0v) is 28.0. The summed E-state index contributed by atoms with van der Waals surface area (Å²) in [6, 6.07) is 10.2. The third-order valence-electron chi connectivity index (χ3n) is 6.74. The molecule has 4 unspecified atom stereocenters. The topological polar surface area (TPSA) is 177 Å². The monoisotopic (exact) mass is 640 g/mol. The van der Waals surface area contributed by atoms with Crippen molar-refractivity contribution in [3.8, 4) is 5.75 Å². The van der Waals surface area contributed by atoms with Gasteiger partial charge in [-0.25, -0.2) is 9.59 Å². The van der Waals surface area contributed by atoms with Crippen LogP contribution in [0.4, 0.5) is 4.79 Å². The molecule has 46 heavy (non-hydrogen) atoms. The van der Waals surface area contributed by atoms with Crippen LogP contribution >= 0.6 is 0 Å². The molecule has 4 atom stereocenters. The molecule has 0 bridgehead atoms. The van der Waals surface area contributed by atoms with Gasteiger partial charge in [0.05, 0.1) is 6.42 Å². The van der Waals surface area contributed by atoms with Gasteiger partial charge in [-0.1, -0.05) is 49.4 Å². The van der Waals surface area contributed by atoms with Crippen molar-refractivity contribution in [3.05, 3.63) is 65.7 Å². The molecule has 0 aliphatic rings. The fourth-order valence-electron chi connectivity index (χ4n) is 4.59. The third kappa shape index (κ3) is 12.1. The van der Waals surface area contributed by atoms with Gasteiger partial charge in [0.15, 0.2) is 0 Å². The highest BCUT2D eigenvalue weighted by atomic mass is 16.6. The second-order valence-corrected chi connectivity index (χ2v) is 13.2. The molecule has 0 saturated carbocycles. The van der Waals surface area contributed by atoms with Crippen LogP contribution in [-0.4, -0.2) is 69.1 Å². The van der Waals surface area contributed by atoms with E-state index in [4.69, 9.17) is 15.2 Å². The minimum atomic E-state index is -1.47. The highest BCUT2D eigenvalue weighted by molar-refractivity contribution is 5.96. The maximum atomic E-state index is 14.3. The van der Waals surface area contributed by atoms with Crippen molar-refractivity contribution in [2.75, 3.05) is 0 Å². The molecule has 0 aliphatic heterocycles. The number of amides is 4. The Morgan fingerprint density at radius 1 is 0.848 bits per heavy atom. The lowest BCUT2D eigenvalue weighted by Gasteiger charge is -2.38. The van der Waals surface area contributed by atoms with Gasteiger partial charge < -0.3 is 35.8 Å². The van der Waals surface area contributed by atoms with Crippen molar-refractivity contribution in [1.82, 2.24) is 15.5 Å². The number of nitrogens with one attached hydrogen (secondary N) is 2. The highest BCUT2D eigenvalue weighted by Crippen LogP contribution is 2.28. The lowest BCUT2D eigenvalue weighted by Crippen LogP contribution is -2.57. The van der Waals surface area contributed by atoms with E-state index < -0.39 is 71.6 Å². The molecule has 0 fully saturated rings. The molecule has 0 heterocycles. The highest BCUT2D eigenvalue weighted by Gasteiger charge is 2.40. The van der Waals surface area contributed by atoms with Crippen LogP contribution in [0.1, 0.15) is 85.4 Å². The van der Waals surface area contributed by atoms with Gasteiger partial charge in [0.25, 0.3) is 0 Å². The zero-order valence-electron chi connectivity index (χ0n) is 28.0. The molecular weight excluding hydrogens is 592 g/mol. The molecule has 12 heteroatoms. The van der Waals surface area contributed by atoms with E-state index in [0.29, 0.717) is 12.0 Å². The third-order valence-corrected chi connectivity index (χ3v) is 6.74. The second kappa shape index (κ2) is 16.1. The van der Waals surface area contributed by atoms with E-state index >= 15 is 0 Å². The molecule has 252 valence electrons. The van der Waals surface area contributed by atoms with Crippen molar-refractivity contribution >= 4 is 29.8 Å². The van der Waals surface area contributed by atoms with Gasteiger partial charge in [0, 0.05) is 12.5 Å². The van der Waals surface area contributed by atoms with Crippen molar-refractivity contribution in [1.29, 1.82) is 0 Å². The maximum Gasteiger partial charge on any atom is 0.408 e. The molecule has 2 aromatic rings. The van der Waals surface area contributed by atoms with E-state index in [9.17, 15) is 29.1 Å². The molecule has 2 rings (SSSR count). The number of nitrogens with two attached hydrogens (primary N) is 1. The predicted octanol–water partition coefficient (Wildman–Crippen LogP) is 3.90. The molecule has 0 spiro atoms. The number of phenolic OH excluding ortho intramolecular Hbond substituents is 1. The van der Waals surface area contributed by atoms with Gasteiger partial charge in [0.2, 0.25) is 17.7 Å². The number of benzene rings is 2. The minimum Gasteiger partial charge on any atom is -0.508 e. The summed E-state index contributed by atoms with van der Waals surface area (Å²) in [6.07, 6.45) is -1.03. The molecule has 5 N–H and O–H groups in total. The first-order chi connectivity index (χ1) is 21.3. The van der Waals surface area contributed by atoms with Crippen LogP contribution in [0.2, 0.25) is 0 Å². The summed E-state index contributed by atoms with van der Waals surface area (Å²) in [5, 5.41) is 15.2. The first-order valence-electron chi connectivity index (χ1n) is 15.3. The van der Waals surface area contributed by atoms with E-state index in [1.54, 1.807) is 55.4 Å². The smallest absolute Gasteiger partial charge is 0.408 e. The van der Waals surface area contributed by atoms with E-state index in [1.807, 2.05) is 30.3 Å². The SMILES string of the molecule is CCC(C)N(C(=O)C(CC(N)=O)NC(=O)OC(C)(C)C)C(C(=O)NC(Cc1ccccc1)C(=O)OC(C)(C)C)c1ccc(O)cc1. The number of phenols is 1. The Morgan fingerprint density at radius 2 is 1.41 bits per heavy atom. The van der Waals surface area contributed by atoms with Crippen LogP contribution in [0, 0.1) is 0 Å². The number of carbonyl (C=O) groups is 5. The second-order valence-electron chi connectivity index (χ2n) is 13.2. The molecule has 12 nitrogen and oxygen atoms in total. The van der Waals surface area contributed by atoms with Crippen LogP contribution in [0.25, 0.3) is 0 Å². The average Bonchev–Trinajstić information content (AvgIpc) is 2.93. The number of carbonyl (C=O) groups excluding carboxylic acids is 5. The number of nitrogens with zero attached hydrogens (tertiary/aromatic N) is 1. The standard InChI is InChI=1S/C34H48N4O8/c1-9-21(2)38(30(42)25(20-27(35)40)37-32(44)46-34(6,7)8)28(23-15-17-24(39)18-16-23)29(41)36-26(31(43)45-33(3,4)5)19-22-13-11-10-12-14-22/h10-18,21,25-26,28,39H,9,19-20H2,1-8H3,(H2,35,40)(H,36,41)(H,37,44). The summed E-state index contributed by atoms with van der Waals surface area (Å²) in [7, 11) is 0. The first-order valence-corrected chi connectivity index (χ1v) is 15.3. The van der Waals surface area contributed by atoms with E-state index in [2.05, 4.69) is 10.6 Å². The van der Waals surface area contributed by atoms with Crippen LogP contribution in [0.3, 0.4) is 0 Å². The number of alkyl carbamates (subject to hydrolysis) is 1. The van der Waals surface area contributed by atoms with Crippen LogP contribution in [0.15, 0.2) is 54.6 Å². The molecule has 0 saturated heterocycles. The number of esters is 1. The molecule has 0 radical (unpaired) electrons. The summed E-state index contributed by atoms with van der Waals surface area (Å²) < 4.78 is 11.0. The van der Waals surface area contributed by atoms with E-state index in [0.717, 1.165) is 5.56 Å². The van der Waals surface area contributed by atoms with Crippen LogP contribution < -0.4 is 16.4 Å². The summed E-state index contributed by atoms with van der Waals surface area (Å²) >= 11 is 0. The van der Waals surface area contributed by atoms with Gasteiger partial charge in [-0.3, -0.25) is 14.4 Å². The summed E-state index contributed by atoms with van der Waals surface area (Å²) in [6.45, 7) is 13.6. The molecule has 2 aromatic carbocycles. The molecule has 4 amide bonds. The van der Waals surface area contributed by atoms with Crippen molar-refractivity contribution in [2.24, 2.45) is 5.73 Å². The van der Waals surface area contributed by atoms with Crippen LogP contribution in [0.5, 0.6) is 5.75 Å². The molecule has 0 aromatic heterocycles. The van der Waals surface area contributed by atoms with Crippen LogP contribution in [-0.2, 0) is 35.1 Å². The lowest BCUT2D eigenvalue weighted by atomic mass is 9.98. The number of ether oxygens (including phenoxy) is 2. The first kappa shape index (κ1) is 37.6. The van der Waals surface area contributed by atoms with Gasteiger partial charge in [-0.2, -0.15) is 0 Å². The maximum absolute atomic E-state index is 14.3. The Labute approximate surface area is 271 Å². The number of hydrogen-bond donors (Lipinski definition) is 4. The summed E-state index contributed by atoms with van der Waals surface area (Å²) in [4.78, 5) is 68.1. The van der Waals surface area contributed by atoms with E-state index in [-0.39, 0.29) is 12.2 Å². The number of aromatic hydroxyl groups is 1. The van der Waals surface area contributed by atoms with Gasteiger partial charge in [0.1, 0.15) is 35.1 Å². The number of hydrogen-bond acceptors (Lipinski definition) is 8. The number of rotatable bonds is 13. The molecule has 0 aliphatic carbocycles. The van der Waals surface area contributed by atoms with Gasteiger partial charge >= 0.3 is 12.1 Å². The van der Waals surface area contributed by atoms with Gasteiger partial charge in [-0.15, -0.1) is 0 Å². The van der Waals surface area contributed by atoms with Crippen molar-refractivity contribution in [2.45, 2.75) is 110 Å². The Morgan fingerprint density at radius 3 is 1.91 bits per heavy atom. The zero-order chi connectivity index (χ0) is 34.8. The van der Waals surface area contributed by atoms with Crippen molar-refractivity contribution < 1.29 is 38.6 Å². The summed E-state index contributed by atoms with van der Waals surface area (Å²) in [5.41, 5.74) is 4.79. The predicted molar refractivity (Wildman–Crippen MR) is 172 cm³/mol. The fourth-order valence-corrected chi connectivity index (χ4v) is 4.59. The molecular formula is C34H48N4O8. The summed E-state index contributed by atoms with van der Waals surface area (Å²) in [5.74, 6) is -3.10. The Hall–Kier alpha value is -4.61. The Kier molecular flexibility index (Phi) is 13.2. The van der Waals surface area contributed by atoms with Crippen molar-refractivity contribution in [3.63, 3.8) is 0 Å². The Balaban J connectivity index is 2.63.